The van der Waals surface area contributed by atoms with E-state index in [0.29, 0.717) is 190 Å². The molecule has 0 radical (unpaired) electrons. The average molecular weight is 2010 g/mol. The van der Waals surface area contributed by atoms with Crippen molar-refractivity contribution in [3.8, 4) is 86.0 Å². The van der Waals surface area contributed by atoms with Crippen LogP contribution in [0, 0.1) is 0 Å². The van der Waals surface area contributed by atoms with Crippen LogP contribution in [0.3, 0.4) is 0 Å². The molecule has 13 heterocycles. The highest BCUT2D eigenvalue weighted by molar-refractivity contribution is 7.09. The number of carbonyl (C=O) groups is 7. The van der Waals surface area contributed by atoms with E-state index in [1.807, 2.05) is 193 Å². The second kappa shape index (κ2) is 42.8. The zero-order valence-electron chi connectivity index (χ0n) is 80.3. The molecular weight excluding hydrogens is 1910 g/mol. The molecular formula is C110H95N17O20S. The average Bonchev–Trinajstić information content (AvgIpc) is 1.58. The number of para-hydroxylation sites is 5. The summed E-state index contributed by atoms with van der Waals surface area (Å²) in [6.45, 7) is 3.33. The largest absolute Gasteiger partial charge is 0.495 e. The number of ether oxygens (including phenoxy) is 7. The topological polar surface area (TPSA) is 512 Å². The highest BCUT2D eigenvalue weighted by Gasteiger charge is 2.34. The summed E-state index contributed by atoms with van der Waals surface area (Å²) in [5, 5.41) is 71.7. The van der Waals surface area contributed by atoms with E-state index in [0.717, 1.165) is 90.3 Å². The Balaban J connectivity index is 0.000000112. The number of aromatic nitrogens is 11. The van der Waals surface area contributed by atoms with Gasteiger partial charge in [0.15, 0.2) is 28.8 Å². The summed E-state index contributed by atoms with van der Waals surface area (Å²) in [6.07, 6.45) is 4.97. The number of primary amides is 1. The van der Waals surface area contributed by atoms with Gasteiger partial charge in [0, 0.05) is 71.0 Å². The number of aliphatic hydroxyl groups is 1. The number of nitrogens with two attached hydrogens (primary N) is 1. The third-order valence-electron chi connectivity index (χ3n) is 25.3. The number of H-pyrrole nitrogens is 5. The van der Waals surface area contributed by atoms with Gasteiger partial charge in [0.05, 0.1) is 148 Å². The van der Waals surface area contributed by atoms with Gasteiger partial charge in [0.2, 0.25) is 5.91 Å². The summed E-state index contributed by atoms with van der Waals surface area (Å²) in [5.74, 6) is 2.34. The van der Waals surface area contributed by atoms with Crippen LogP contribution in [0.5, 0.6) is 28.7 Å². The molecule has 0 bridgehead atoms. The number of furan rings is 5. The maximum atomic E-state index is 13.2. The summed E-state index contributed by atoms with van der Waals surface area (Å²) in [5.41, 5.74) is 18.2. The molecule has 4 atom stereocenters. The minimum atomic E-state index is -0.813. The van der Waals surface area contributed by atoms with E-state index < -0.39 is 41.8 Å². The fourth-order valence-corrected chi connectivity index (χ4v) is 18.6. The number of fused-ring (bicyclic) bond motifs is 10. The monoisotopic (exact) mass is 2010 g/mol. The van der Waals surface area contributed by atoms with E-state index in [1.54, 1.807) is 86.4 Å². The van der Waals surface area contributed by atoms with Crippen molar-refractivity contribution in [3.63, 3.8) is 0 Å². The van der Waals surface area contributed by atoms with Gasteiger partial charge >= 0.3 is 5.97 Å². The van der Waals surface area contributed by atoms with Crippen molar-refractivity contribution in [2.75, 3.05) is 68.5 Å². The molecule has 22 aromatic rings. The molecule has 37 nitrogen and oxygen atoms in total. The Labute approximate surface area is 843 Å². The summed E-state index contributed by atoms with van der Waals surface area (Å²) in [6, 6.07) is 72.7. The zero-order valence-corrected chi connectivity index (χ0v) is 81.1. The second-order valence-electron chi connectivity index (χ2n) is 34.4. The van der Waals surface area contributed by atoms with E-state index >= 15 is 0 Å². The number of aromatic amines is 5. The van der Waals surface area contributed by atoms with Crippen molar-refractivity contribution in [3.05, 3.63) is 293 Å². The predicted molar refractivity (Wildman–Crippen MR) is 555 cm³/mol. The quantitative estimate of drug-likeness (QED) is 0.0224. The zero-order chi connectivity index (χ0) is 102. The van der Waals surface area contributed by atoms with Crippen LogP contribution in [0.4, 0.5) is 0 Å². The standard InChI is InChI=1S/C25H21N3O4.C22H18N4O3S.C22H21N3O4.C21H17N3O5.C20H18N4O4/c1-31-24-17(25(30)26-19(14-29)15-7-3-2-4-8-15)11-12-18-22(24)23(28-27-18)21-13-16-9-5-6-10-20(16)32-21;1-28-21-14(22(27)24-9-8-18-23-10-11-30-18)6-7-15-19(21)20(26-25-15)17-12-13-4-2-3-5-16(13)29-17;1-27-21-15(22(26)23-12-14-6-4-10-28-14)8-9-16-19(21)20(25-24-16)18-11-13-5-2-3-7-17(13)29-18;1-27-19-12(20(25)22-14-8-9-28-21(14)26)6-7-13-17(19)18(24-23-13)16-10-11-4-2-3-5-15(11)29-16;1-10(19(21)25)22-20(26)12-7-8-13-16(18(12)27-2)17(24-23-13)15-9-11-5-3-4-6-14(11)28-15/h2-13,19,29H,14H2,1H3,(H,26,30)(H,27,28);2-7,10-12H,8-9H2,1H3,(H,24,27)(H,25,26);2-3,5,7-9,11,14H,4,6,10,12H2,1H3,(H,23,26)(H,24,25);2-7,10,14H,8-9H2,1H3,(H,22,25)(H,23,24);3-10H,1-2H3,(H2,21,25)(H,22,26)(H,23,24)/t19-;;;14-;10-/m1..10/s1. The van der Waals surface area contributed by atoms with Crippen LogP contribution < -0.4 is 56.0 Å². The number of nitrogens with zero attached hydrogens (tertiary/aromatic N) is 6. The van der Waals surface area contributed by atoms with Crippen LogP contribution in [0.15, 0.2) is 276 Å². The summed E-state index contributed by atoms with van der Waals surface area (Å²) < 4.78 is 68.5. The van der Waals surface area contributed by atoms with Gasteiger partial charge in [-0.25, -0.2) is 9.78 Å². The van der Waals surface area contributed by atoms with Gasteiger partial charge in [-0.3, -0.25) is 54.3 Å². The van der Waals surface area contributed by atoms with Gasteiger partial charge in [0.25, 0.3) is 29.5 Å². The number of carbonyl (C=O) groups excluding carboxylic acids is 7. The van der Waals surface area contributed by atoms with Gasteiger partial charge in [-0.05, 0) is 147 Å². The normalized spacial score (nSPS) is 13.7. The maximum Gasteiger partial charge on any atom is 0.328 e. The third-order valence-corrected chi connectivity index (χ3v) is 26.1. The van der Waals surface area contributed by atoms with Gasteiger partial charge in [0.1, 0.15) is 97.2 Å². The molecule has 2 fully saturated rings. The van der Waals surface area contributed by atoms with Gasteiger partial charge in [-0.1, -0.05) is 121 Å². The number of rotatable bonds is 26. The number of benzene rings is 11. The lowest BCUT2D eigenvalue weighted by Crippen LogP contribution is -2.42. The molecule has 0 spiro atoms. The number of aliphatic hydroxyl groups excluding tert-OH is 1. The van der Waals surface area contributed by atoms with Gasteiger partial charge in [-0.15, -0.1) is 11.3 Å². The van der Waals surface area contributed by atoms with Crippen LogP contribution in [0.1, 0.15) is 94.6 Å². The first-order chi connectivity index (χ1) is 72.3. The number of amides is 6. The van der Waals surface area contributed by atoms with E-state index in [9.17, 15) is 38.7 Å². The maximum absolute atomic E-state index is 13.2. The fourth-order valence-electron chi connectivity index (χ4n) is 18.0. The van der Waals surface area contributed by atoms with Gasteiger partial charge < -0.3 is 92.7 Å². The van der Waals surface area contributed by atoms with Crippen molar-refractivity contribution in [1.82, 2.24) is 82.6 Å². The lowest BCUT2D eigenvalue weighted by molar-refractivity contribution is -0.139. The minimum Gasteiger partial charge on any atom is -0.495 e. The molecule has 11 aromatic heterocycles. The molecule has 746 valence electrons. The number of esters is 1. The number of methoxy groups -OCH3 is 5. The molecule has 38 heteroatoms. The first-order valence-electron chi connectivity index (χ1n) is 47.1. The highest BCUT2D eigenvalue weighted by Crippen LogP contribution is 2.46. The van der Waals surface area contributed by atoms with E-state index in [4.69, 9.17) is 61.0 Å². The summed E-state index contributed by atoms with van der Waals surface area (Å²) in [4.78, 5) is 91.5. The molecule has 2 saturated heterocycles. The number of nitrogens with one attached hydrogen (secondary N) is 10. The first-order valence-corrected chi connectivity index (χ1v) is 48.0. The van der Waals surface area contributed by atoms with Crippen LogP contribution >= 0.6 is 11.3 Å². The van der Waals surface area contributed by atoms with E-state index in [1.165, 1.54) is 28.3 Å². The fraction of sp³-hybridized carbons (Fsp3) is 0.173. The summed E-state index contributed by atoms with van der Waals surface area (Å²) in [7, 11) is 7.59. The Kier molecular flexibility index (Phi) is 28.0. The van der Waals surface area contributed by atoms with Crippen molar-refractivity contribution in [2.24, 2.45) is 5.73 Å². The molecule has 11 aromatic carbocycles. The molecule has 148 heavy (non-hydrogen) atoms. The number of hydrogen-bond donors (Lipinski definition) is 12. The number of cyclic esters (lactones) is 1. The Morgan fingerprint density at radius 3 is 1.09 bits per heavy atom. The summed E-state index contributed by atoms with van der Waals surface area (Å²) >= 11 is 1.57. The van der Waals surface area contributed by atoms with E-state index in [2.05, 4.69) is 82.6 Å². The van der Waals surface area contributed by atoms with Crippen molar-refractivity contribution < 1.29 is 93.9 Å². The molecule has 0 saturated carbocycles. The predicted octanol–water partition coefficient (Wildman–Crippen LogP) is 18.4. The van der Waals surface area contributed by atoms with Crippen molar-refractivity contribution in [1.29, 1.82) is 0 Å². The Morgan fingerprint density at radius 1 is 0.426 bits per heavy atom. The van der Waals surface area contributed by atoms with Crippen LogP contribution in [-0.2, 0) is 25.5 Å². The smallest absolute Gasteiger partial charge is 0.328 e. The Hall–Kier alpha value is -18.7. The molecule has 13 N–H and O–H groups in total. The van der Waals surface area contributed by atoms with Crippen molar-refractivity contribution >= 4 is 162 Å². The van der Waals surface area contributed by atoms with Crippen LogP contribution in [-0.4, -0.2) is 189 Å². The Bertz CT molecular complexity index is 8550. The van der Waals surface area contributed by atoms with Crippen molar-refractivity contribution in [2.45, 2.75) is 56.8 Å². The number of hydrogen-bond acceptors (Lipinski definition) is 27. The molecule has 6 amide bonds. The molecule has 1 unspecified atom stereocenters. The second-order valence-corrected chi connectivity index (χ2v) is 35.4. The SMILES string of the molecule is COc1c(C(=O)NCC2CCCO2)ccc2n[nH]c(-c3cc4ccccc4o3)c12.COc1c(C(=O)NCCc2nccs2)ccc2n[nH]c(-c3cc4ccccc4o3)c12.COc1c(C(=O)N[C@@H](C)C(N)=O)ccc2n[nH]c(-c3cc4ccccc4o3)c12.COc1c(C(=O)N[C@@H]2CCOC2=O)ccc2n[nH]c(-c3cc4ccccc4o3)c12.COc1c(C(=O)N[C@H](CO)c2ccccc2)ccc2n[nH]c(-c3cc4ccccc4o3)c12. The lowest BCUT2D eigenvalue weighted by Gasteiger charge is -2.18. The van der Waals surface area contributed by atoms with Crippen LogP contribution in [0.2, 0.25) is 0 Å². The lowest BCUT2D eigenvalue weighted by atomic mass is 10.0. The molecule has 0 aliphatic carbocycles. The highest BCUT2D eigenvalue weighted by atomic mass is 32.1. The van der Waals surface area contributed by atoms with Crippen LogP contribution in [0.25, 0.3) is 167 Å². The molecule has 2 aliphatic heterocycles. The van der Waals surface area contributed by atoms with E-state index in [-0.39, 0.29) is 36.0 Å². The third kappa shape index (κ3) is 19.7. The minimum absolute atomic E-state index is 0.0775. The Morgan fingerprint density at radius 2 is 0.770 bits per heavy atom. The molecule has 24 rings (SSSR count). The molecule has 2 aliphatic rings. The first kappa shape index (κ1) is 96.8. The number of thiazole rings is 1. The van der Waals surface area contributed by atoms with Gasteiger partial charge in [-0.2, -0.15) is 25.5 Å².